The van der Waals surface area contributed by atoms with Crippen molar-refractivity contribution in [1.82, 2.24) is 9.97 Å². The van der Waals surface area contributed by atoms with Crippen LogP contribution in [0.15, 0.2) is 116 Å². The number of para-hydroxylation sites is 2. The van der Waals surface area contributed by atoms with Gasteiger partial charge in [-0.05, 0) is 66.7 Å². The predicted octanol–water partition coefficient (Wildman–Crippen LogP) is 7.39. The first kappa shape index (κ1) is 18.3. The molecular formula is C28H19N3O. The molecule has 1 aliphatic rings. The van der Waals surface area contributed by atoms with E-state index < -0.39 is 0 Å². The van der Waals surface area contributed by atoms with Gasteiger partial charge in [-0.2, -0.15) is 0 Å². The lowest BCUT2D eigenvalue weighted by molar-refractivity contribution is 0.477. The van der Waals surface area contributed by atoms with Crippen molar-refractivity contribution in [2.45, 2.75) is 0 Å². The zero-order valence-electron chi connectivity index (χ0n) is 17.2. The zero-order valence-corrected chi connectivity index (χ0v) is 17.2. The molecule has 0 N–H and O–H groups in total. The van der Waals surface area contributed by atoms with Crippen LogP contribution in [0.1, 0.15) is 0 Å². The third-order valence-electron chi connectivity index (χ3n) is 5.55. The number of aromatic nitrogens is 2. The smallest absolute Gasteiger partial charge is 0.151 e. The van der Waals surface area contributed by atoms with E-state index >= 15 is 0 Å². The van der Waals surface area contributed by atoms with Crippen LogP contribution in [0.3, 0.4) is 0 Å². The highest BCUT2D eigenvalue weighted by Gasteiger charge is 2.26. The molecule has 0 fully saturated rings. The molecule has 6 rings (SSSR count). The fourth-order valence-electron chi connectivity index (χ4n) is 4.06. The van der Waals surface area contributed by atoms with E-state index in [1.807, 2.05) is 73.1 Å². The Morgan fingerprint density at radius 2 is 1.22 bits per heavy atom. The van der Waals surface area contributed by atoms with E-state index in [9.17, 15) is 0 Å². The van der Waals surface area contributed by atoms with E-state index in [0.717, 1.165) is 51.1 Å². The van der Waals surface area contributed by atoms with Gasteiger partial charge >= 0.3 is 0 Å². The summed E-state index contributed by atoms with van der Waals surface area (Å²) in [7, 11) is 0. The maximum Gasteiger partial charge on any atom is 0.151 e. The van der Waals surface area contributed by atoms with Crippen molar-refractivity contribution in [2.24, 2.45) is 0 Å². The maximum absolute atomic E-state index is 6.26. The number of hydrogen-bond acceptors (Lipinski definition) is 4. The molecule has 0 saturated carbocycles. The molecule has 4 nitrogen and oxygen atoms in total. The highest BCUT2D eigenvalue weighted by atomic mass is 16.5. The molecule has 0 saturated heterocycles. The summed E-state index contributed by atoms with van der Waals surface area (Å²) < 4.78 is 6.26. The van der Waals surface area contributed by atoms with Gasteiger partial charge in [0, 0.05) is 29.2 Å². The van der Waals surface area contributed by atoms with Gasteiger partial charge in [0.25, 0.3) is 0 Å². The van der Waals surface area contributed by atoms with Crippen molar-refractivity contribution >= 4 is 17.1 Å². The number of anilines is 3. The fourth-order valence-corrected chi connectivity index (χ4v) is 4.06. The predicted molar refractivity (Wildman–Crippen MR) is 128 cm³/mol. The lowest BCUT2D eigenvalue weighted by Gasteiger charge is -2.33. The minimum atomic E-state index is 0.812. The van der Waals surface area contributed by atoms with Crippen LogP contribution >= 0.6 is 0 Å². The monoisotopic (exact) mass is 413 g/mol. The second-order valence-electron chi connectivity index (χ2n) is 7.57. The molecule has 0 atom stereocenters. The van der Waals surface area contributed by atoms with Crippen LogP contribution in [0.5, 0.6) is 11.5 Å². The van der Waals surface area contributed by atoms with E-state index in [1.165, 1.54) is 0 Å². The molecule has 2 aromatic heterocycles. The average Bonchev–Trinajstić information content (AvgIpc) is 2.88. The van der Waals surface area contributed by atoms with Crippen molar-refractivity contribution in [1.29, 1.82) is 0 Å². The van der Waals surface area contributed by atoms with Crippen LogP contribution in [-0.4, -0.2) is 9.97 Å². The van der Waals surface area contributed by atoms with Crippen LogP contribution in [0.4, 0.5) is 17.1 Å². The first-order valence-corrected chi connectivity index (χ1v) is 10.5. The van der Waals surface area contributed by atoms with Crippen LogP contribution in [0, 0.1) is 0 Å². The summed E-state index contributed by atoms with van der Waals surface area (Å²) in [5.41, 5.74) is 6.99. The Morgan fingerprint density at radius 1 is 0.531 bits per heavy atom. The number of ether oxygens (including phenoxy) is 1. The summed E-state index contributed by atoms with van der Waals surface area (Å²) in [5.74, 6) is 1.64. The summed E-state index contributed by atoms with van der Waals surface area (Å²) in [6.45, 7) is 0. The summed E-state index contributed by atoms with van der Waals surface area (Å²) in [6.07, 6.45) is 3.63. The number of rotatable bonds is 3. The molecule has 0 aliphatic carbocycles. The van der Waals surface area contributed by atoms with Gasteiger partial charge in [-0.15, -0.1) is 0 Å². The lowest BCUT2D eigenvalue weighted by atomic mass is 10.0. The van der Waals surface area contributed by atoms with E-state index in [1.54, 1.807) is 0 Å². The molecule has 3 heterocycles. The van der Waals surface area contributed by atoms with Crippen molar-refractivity contribution in [3.8, 4) is 34.0 Å². The van der Waals surface area contributed by atoms with E-state index in [-0.39, 0.29) is 0 Å². The fraction of sp³-hybridized carbons (Fsp3) is 0. The number of benzene rings is 3. The van der Waals surface area contributed by atoms with Gasteiger partial charge in [0.15, 0.2) is 11.5 Å². The van der Waals surface area contributed by atoms with Crippen molar-refractivity contribution in [3.63, 3.8) is 0 Å². The molecule has 5 aromatic rings. The summed E-state index contributed by atoms with van der Waals surface area (Å²) in [4.78, 5) is 11.3. The van der Waals surface area contributed by atoms with Crippen molar-refractivity contribution in [2.75, 3.05) is 4.90 Å². The highest BCUT2D eigenvalue weighted by molar-refractivity contribution is 5.89. The molecule has 1 aliphatic heterocycles. The summed E-state index contributed by atoms with van der Waals surface area (Å²) >= 11 is 0. The minimum Gasteiger partial charge on any atom is -0.453 e. The van der Waals surface area contributed by atoms with Gasteiger partial charge in [0.2, 0.25) is 0 Å². The Labute approximate surface area is 186 Å². The van der Waals surface area contributed by atoms with Crippen molar-refractivity contribution < 1.29 is 4.74 Å². The molecule has 32 heavy (non-hydrogen) atoms. The van der Waals surface area contributed by atoms with E-state index in [4.69, 9.17) is 4.74 Å². The molecule has 152 valence electrons. The van der Waals surface area contributed by atoms with Crippen molar-refractivity contribution in [3.05, 3.63) is 116 Å². The van der Waals surface area contributed by atoms with Crippen LogP contribution in [0.2, 0.25) is 0 Å². The van der Waals surface area contributed by atoms with Crippen LogP contribution in [0.25, 0.3) is 22.5 Å². The molecule has 0 spiro atoms. The van der Waals surface area contributed by atoms with E-state index in [0.29, 0.717) is 0 Å². The van der Waals surface area contributed by atoms with Gasteiger partial charge in [0.1, 0.15) is 0 Å². The standard InChI is InChI=1S/C28H19N3O/c1-2-13-27-25(12-1)31(22-9-7-8-20(18-22)23-10-3-5-16-29-23)26-19-21(14-15-28(26)32-27)24-11-4-6-17-30-24/h1-19H. The van der Waals surface area contributed by atoms with Crippen LogP contribution < -0.4 is 9.64 Å². The third kappa shape index (κ3) is 3.19. The van der Waals surface area contributed by atoms with Gasteiger partial charge in [-0.3, -0.25) is 9.97 Å². The minimum absolute atomic E-state index is 0.812. The Kier molecular flexibility index (Phi) is 4.40. The second kappa shape index (κ2) is 7.67. The van der Waals surface area contributed by atoms with Crippen LogP contribution in [-0.2, 0) is 0 Å². The second-order valence-corrected chi connectivity index (χ2v) is 7.57. The Balaban J connectivity index is 1.53. The number of pyridine rings is 2. The number of hydrogen-bond donors (Lipinski definition) is 0. The maximum atomic E-state index is 6.26. The largest absolute Gasteiger partial charge is 0.453 e. The lowest BCUT2D eigenvalue weighted by Crippen LogP contribution is -2.16. The molecule has 4 heteroatoms. The SMILES string of the molecule is c1ccc(-c2cccc(N3c4ccccc4Oc4ccc(-c5ccccn5)cc43)c2)nc1. The molecule has 0 amide bonds. The van der Waals surface area contributed by atoms with E-state index in [2.05, 4.69) is 57.3 Å². The van der Waals surface area contributed by atoms with Gasteiger partial charge in [0.05, 0.1) is 22.8 Å². The Bertz CT molecular complexity index is 1400. The highest BCUT2D eigenvalue weighted by Crippen LogP contribution is 2.51. The normalized spacial score (nSPS) is 11.9. The molecule has 3 aromatic carbocycles. The topological polar surface area (TPSA) is 38.2 Å². The quantitative estimate of drug-likeness (QED) is 0.303. The molecule has 0 bridgehead atoms. The Morgan fingerprint density at radius 3 is 1.97 bits per heavy atom. The first-order chi connectivity index (χ1) is 15.9. The average molecular weight is 413 g/mol. The Hall–Kier alpha value is -4.44. The van der Waals surface area contributed by atoms with Gasteiger partial charge in [-0.1, -0.05) is 36.4 Å². The number of nitrogens with zero attached hydrogens (tertiary/aromatic N) is 3. The van der Waals surface area contributed by atoms with Gasteiger partial charge in [-0.25, -0.2) is 0 Å². The summed E-state index contributed by atoms with van der Waals surface area (Å²) in [6, 6.07) is 34.7. The molecule has 0 unspecified atom stereocenters. The summed E-state index contributed by atoms with van der Waals surface area (Å²) in [5, 5.41) is 0. The third-order valence-corrected chi connectivity index (χ3v) is 5.55. The molecular weight excluding hydrogens is 394 g/mol. The molecule has 0 radical (unpaired) electrons. The first-order valence-electron chi connectivity index (χ1n) is 10.5. The zero-order chi connectivity index (χ0) is 21.3. The van der Waals surface area contributed by atoms with Gasteiger partial charge < -0.3 is 9.64 Å². The number of fused-ring (bicyclic) bond motifs is 2.